The van der Waals surface area contributed by atoms with Gasteiger partial charge in [0.05, 0.1) is 10.6 Å². The minimum atomic E-state index is -0.474. The van der Waals surface area contributed by atoms with Crippen LogP contribution in [0.2, 0.25) is 0 Å². The van der Waals surface area contributed by atoms with Crippen LogP contribution in [-0.2, 0) is 4.79 Å². The zero-order valence-electron chi connectivity index (χ0n) is 12.8. The molecule has 0 aliphatic rings. The quantitative estimate of drug-likeness (QED) is 0.434. The van der Waals surface area contributed by atoms with Crippen LogP contribution in [0.3, 0.4) is 0 Å². The lowest BCUT2D eigenvalue weighted by Gasteiger charge is -2.04. The molecule has 0 aliphatic carbocycles. The second kappa shape index (κ2) is 7.13. The first-order valence-corrected chi connectivity index (χ1v) is 7.19. The van der Waals surface area contributed by atoms with Gasteiger partial charge in [0.2, 0.25) is 5.91 Å². The summed E-state index contributed by atoms with van der Waals surface area (Å²) < 4.78 is 1.47. The van der Waals surface area contributed by atoms with Gasteiger partial charge in [-0.25, -0.2) is 4.68 Å². The molecule has 9 nitrogen and oxygen atoms in total. The molecule has 25 heavy (non-hydrogen) atoms. The summed E-state index contributed by atoms with van der Waals surface area (Å²) in [6, 6.07) is 13.0. The molecule has 0 fully saturated rings. The molecule has 1 heterocycles. The normalized spacial score (nSPS) is 10.7. The third-order valence-corrected chi connectivity index (χ3v) is 3.26. The van der Waals surface area contributed by atoms with Crippen LogP contribution in [-0.4, -0.2) is 31.0 Å². The summed E-state index contributed by atoms with van der Waals surface area (Å²) in [7, 11) is 0. The molecule has 0 saturated heterocycles. The molecule has 0 radical (unpaired) electrons. The molecule has 3 rings (SSSR count). The predicted octanol–water partition coefficient (Wildman–Crippen LogP) is 2.22. The van der Waals surface area contributed by atoms with Crippen LogP contribution in [0.4, 0.5) is 11.4 Å². The summed E-state index contributed by atoms with van der Waals surface area (Å²) in [5, 5.41) is 24.2. The molecule has 0 atom stereocenters. The zero-order valence-corrected chi connectivity index (χ0v) is 12.8. The van der Waals surface area contributed by atoms with Crippen LogP contribution in [0.1, 0.15) is 5.56 Å². The molecule has 9 heteroatoms. The van der Waals surface area contributed by atoms with E-state index in [9.17, 15) is 14.9 Å². The maximum absolute atomic E-state index is 12.0. The van der Waals surface area contributed by atoms with Crippen molar-refractivity contribution in [1.82, 2.24) is 20.2 Å². The van der Waals surface area contributed by atoms with E-state index in [1.54, 1.807) is 42.5 Å². The molecule has 1 N–H and O–H groups in total. The highest BCUT2D eigenvalue weighted by Gasteiger charge is 2.04. The molecule has 3 aromatic rings. The summed E-state index contributed by atoms with van der Waals surface area (Å²) in [5.41, 5.74) is 1.98. The number of amides is 1. The van der Waals surface area contributed by atoms with Crippen LogP contribution >= 0.6 is 0 Å². The fourth-order valence-electron chi connectivity index (χ4n) is 2.07. The number of carbonyl (C=O) groups is 1. The lowest BCUT2D eigenvalue weighted by molar-refractivity contribution is -0.384. The zero-order chi connectivity index (χ0) is 17.6. The molecule has 0 unspecified atom stereocenters. The number of nitro groups is 1. The van der Waals surface area contributed by atoms with E-state index >= 15 is 0 Å². The monoisotopic (exact) mass is 336 g/mol. The van der Waals surface area contributed by atoms with Crippen LogP contribution in [0.5, 0.6) is 0 Å². The molecular weight excluding hydrogens is 324 g/mol. The third-order valence-electron chi connectivity index (χ3n) is 3.26. The molecule has 0 bridgehead atoms. The van der Waals surface area contributed by atoms with Crippen molar-refractivity contribution < 1.29 is 9.72 Å². The van der Waals surface area contributed by atoms with E-state index in [2.05, 4.69) is 20.8 Å². The van der Waals surface area contributed by atoms with Gasteiger partial charge in [-0.15, -0.1) is 5.10 Å². The van der Waals surface area contributed by atoms with Crippen LogP contribution < -0.4 is 5.32 Å². The van der Waals surface area contributed by atoms with E-state index in [1.165, 1.54) is 29.2 Å². The Hall–Kier alpha value is -3.88. The number of benzene rings is 2. The lowest BCUT2D eigenvalue weighted by Crippen LogP contribution is -2.08. The molecule has 1 amide bonds. The number of nitro benzene ring substituents is 1. The van der Waals surface area contributed by atoms with Gasteiger partial charge in [-0.3, -0.25) is 14.9 Å². The number of nitrogens with zero attached hydrogens (tertiary/aromatic N) is 5. The van der Waals surface area contributed by atoms with Gasteiger partial charge in [-0.1, -0.05) is 6.07 Å². The number of nitrogens with one attached hydrogen (secondary N) is 1. The number of tetrazole rings is 1. The Balaban J connectivity index is 1.66. The van der Waals surface area contributed by atoms with E-state index < -0.39 is 4.92 Å². The first-order chi connectivity index (χ1) is 12.1. The Kier molecular flexibility index (Phi) is 4.56. The average Bonchev–Trinajstić information content (AvgIpc) is 3.15. The van der Waals surface area contributed by atoms with Gasteiger partial charge in [0, 0.05) is 23.9 Å². The standard InChI is InChI=1S/C16H12N6O3/c23-16(9-6-12-4-7-14(8-5-12)22(24)25)18-13-2-1-3-15(10-13)21-11-17-19-20-21/h1-11H,(H,18,23)/b9-6+. The van der Waals surface area contributed by atoms with Crippen molar-refractivity contribution in [2.45, 2.75) is 0 Å². The SMILES string of the molecule is O=C(/C=C/c1ccc([N+](=O)[O-])cc1)Nc1cccc(-n2cnnn2)c1. The topological polar surface area (TPSA) is 116 Å². The summed E-state index contributed by atoms with van der Waals surface area (Å²) in [6.45, 7) is 0. The molecular formula is C16H12N6O3. The Morgan fingerprint density at radius 1 is 1.20 bits per heavy atom. The van der Waals surface area contributed by atoms with Crippen molar-refractivity contribution in [2.75, 3.05) is 5.32 Å². The van der Waals surface area contributed by atoms with E-state index in [1.807, 2.05) is 0 Å². The number of anilines is 1. The predicted molar refractivity (Wildman–Crippen MR) is 89.9 cm³/mol. The second-order valence-corrected chi connectivity index (χ2v) is 4.98. The highest BCUT2D eigenvalue weighted by atomic mass is 16.6. The molecule has 0 spiro atoms. The van der Waals surface area contributed by atoms with Crippen LogP contribution in [0.25, 0.3) is 11.8 Å². The molecule has 124 valence electrons. The first-order valence-electron chi connectivity index (χ1n) is 7.19. The van der Waals surface area contributed by atoms with Gasteiger partial charge in [0.1, 0.15) is 6.33 Å². The van der Waals surface area contributed by atoms with Crippen molar-refractivity contribution >= 4 is 23.4 Å². The summed E-state index contributed by atoms with van der Waals surface area (Å²) >= 11 is 0. The molecule has 0 aliphatic heterocycles. The molecule has 0 saturated carbocycles. The Labute approximate surface area is 141 Å². The smallest absolute Gasteiger partial charge is 0.269 e. The second-order valence-electron chi connectivity index (χ2n) is 4.98. The van der Waals surface area contributed by atoms with Crippen LogP contribution in [0.15, 0.2) is 60.9 Å². The summed E-state index contributed by atoms with van der Waals surface area (Å²) in [6.07, 6.45) is 4.38. The van der Waals surface area contributed by atoms with Crippen molar-refractivity contribution in [3.8, 4) is 5.69 Å². The average molecular weight is 336 g/mol. The number of rotatable bonds is 5. The Morgan fingerprint density at radius 2 is 2.00 bits per heavy atom. The Bertz CT molecular complexity index is 919. The highest BCUT2D eigenvalue weighted by molar-refractivity contribution is 6.02. The number of aromatic nitrogens is 4. The van der Waals surface area contributed by atoms with Gasteiger partial charge in [0.25, 0.3) is 5.69 Å². The van der Waals surface area contributed by atoms with Gasteiger partial charge in [-0.05, 0) is 52.4 Å². The number of hydrogen-bond donors (Lipinski definition) is 1. The molecule has 1 aromatic heterocycles. The first kappa shape index (κ1) is 16.0. The van der Waals surface area contributed by atoms with Gasteiger partial charge in [-0.2, -0.15) is 0 Å². The van der Waals surface area contributed by atoms with Gasteiger partial charge >= 0.3 is 0 Å². The number of non-ortho nitro benzene ring substituents is 1. The molecule has 2 aromatic carbocycles. The summed E-state index contributed by atoms with van der Waals surface area (Å²) in [4.78, 5) is 22.1. The lowest BCUT2D eigenvalue weighted by atomic mass is 10.2. The fraction of sp³-hybridized carbons (Fsp3) is 0. The maximum Gasteiger partial charge on any atom is 0.269 e. The van der Waals surface area contributed by atoms with E-state index in [-0.39, 0.29) is 11.6 Å². The largest absolute Gasteiger partial charge is 0.322 e. The van der Waals surface area contributed by atoms with E-state index in [0.29, 0.717) is 16.9 Å². The maximum atomic E-state index is 12.0. The van der Waals surface area contributed by atoms with Crippen molar-refractivity contribution in [3.63, 3.8) is 0 Å². The van der Waals surface area contributed by atoms with Crippen LogP contribution in [0, 0.1) is 10.1 Å². The highest BCUT2D eigenvalue weighted by Crippen LogP contribution is 2.15. The fourth-order valence-corrected chi connectivity index (χ4v) is 2.07. The van der Waals surface area contributed by atoms with Crippen molar-refractivity contribution in [2.24, 2.45) is 0 Å². The van der Waals surface area contributed by atoms with E-state index in [0.717, 1.165) is 0 Å². The van der Waals surface area contributed by atoms with E-state index in [4.69, 9.17) is 0 Å². The minimum absolute atomic E-state index is 0.000942. The summed E-state index contributed by atoms with van der Waals surface area (Å²) in [5.74, 6) is -0.327. The number of carbonyl (C=O) groups excluding carboxylic acids is 1. The third kappa shape index (κ3) is 4.10. The minimum Gasteiger partial charge on any atom is -0.322 e. The van der Waals surface area contributed by atoms with Crippen molar-refractivity contribution in [1.29, 1.82) is 0 Å². The van der Waals surface area contributed by atoms with Crippen molar-refractivity contribution in [3.05, 3.63) is 76.6 Å². The van der Waals surface area contributed by atoms with Gasteiger partial charge in [0.15, 0.2) is 0 Å². The van der Waals surface area contributed by atoms with Gasteiger partial charge < -0.3 is 5.32 Å². The number of hydrogen-bond acceptors (Lipinski definition) is 6. The Morgan fingerprint density at radius 3 is 2.68 bits per heavy atom.